The summed E-state index contributed by atoms with van der Waals surface area (Å²) in [6.07, 6.45) is 1.63. The van der Waals surface area contributed by atoms with E-state index in [0.29, 0.717) is 52.2 Å². The molecule has 39 heavy (non-hydrogen) atoms. The predicted octanol–water partition coefficient (Wildman–Crippen LogP) is 4.44. The van der Waals surface area contributed by atoms with E-state index in [4.69, 9.17) is 0 Å². The summed E-state index contributed by atoms with van der Waals surface area (Å²) in [6, 6.07) is 18.6. The zero-order valence-electron chi connectivity index (χ0n) is 20.2. The normalized spacial score (nSPS) is 9.54. The molecule has 4 aromatic carbocycles. The number of hydrogen-bond acceptors (Lipinski definition) is 6. The molecular formula is C33H18O6. The average Bonchev–Trinajstić information content (AvgIpc) is 2.95. The Balaban J connectivity index is 1.76. The van der Waals surface area contributed by atoms with Gasteiger partial charge in [0.25, 0.3) is 0 Å². The van der Waals surface area contributed by atoms with E-state index in [2.05, 4.69) is 35.5 Å². The van der Waals surface area contributed by atoms with Crippen molar-refractivity contribution in [3.63, 3.8) is 0 Å². The summed E-state index contributed by atoms with van der Waals surface area (Å²) >= 11 is 0. The van der Waals surface area contributed by atoms with Gasteiger partial charge in [-0.25, -0.2) is 0 Å². The van der Waals surface area contributed by atoms with Crippen LogP contribution in [-0.4, -0.2) is 34.2 Å². The molecule has 0 unspecified atom stereocenters. The molecular weight excluding hydrogens is 492 g/mol. The molecule has 4 aromatic rings. The quantitative estimate of drug-likeness (QED) is 0.278. The van der Waals surface area contributed by atoms with Crippen LogP contribution in [0.2, 0.25) is 0 Å². The fourth-order valence-corrected chi connectivity index (χ4v) is 3.46. The van der Waals surface area contributed by atoms with Gasteiger partial charge in [0.1, 0.15) is 17.2 Å². The molecule has 0 spiro atoms. The van der Waals surface area contributed by atoms with E-state index in [1.54, 1.807) is 36.4 Å². The number of phenols is 3. The molecule has 0 aromatic heterocycles. The maximum Gasteiger partial charge on any atom is 0.153 e. The second-order valence-electron chi connectivity index (χ2n) is 8.22. The Bertz CT molecular complexity index is 1590. The van der Waals surface area contributed by atoms with Crippen LogP contribution < -0.4 is 0 Å². The van der Waals surface area contributed by atoms with Gasteiger partial charge >= 0.3 is 0 Å². The summed E-state index contributed by atoms with van der Waals surface area (Å²) in [7, 11) is 0. The number of carbonyl (C=O) groups is 3. The van der Waals surface area contributed by atoms with Gasteiger partial charge in [0.05, 0.1) is 16.7 Å². The number of aromatic hydroxyl groups is 3. The average molecular weight is 511 g/mol. The highest BCUT2D eigenvalue weighted by Crippen LogP contribution is 2.18. The summed E-state index contributed by atoms with van der Waals surface area (Å²) < 4.78 is 0. The fourth-order valence-electron chi connectivity index (χ4n) is 3.46. The number of hydrogen-bond donors (Lipinski definition) is 3. The zero-order chi connectivity index (χ0) is 27.8. The van der Waals surface area contributed by atoms with E-state index in [-0.39, 0.29) is 33.9 Å². The van der Waals surface area contributed by atoms with Gasteiger partial charge < -0.3 is 15.3 Å². The first-order chi connectivity index (χ1) is 18.9. The Labute approximate surface area is 224 Å². The molecule has 0 aliphatic carbocycles. The Morgan fingerprint density at radius 3 is 0.897 bits per heavy atom. The van der Waals surface area contributed by atoms with Crippen molar-refractivity contribution in [1.29, 1.82) is 0 Å². The van der Waals surface area contributed by atoms with Crippen molar-refractivity contribution in [2.45, 2.75) is 0 Å². The Hall–Kier alpha value is -6.03. The molecule has 0 fully saturated rings. The van der Waals surface area contributed by atoms with Crippen LogP contribution in [0.25, 0.3) is 0 Å². The Morgan fingerprint density at radius 1 is 0.385 bits per heavy atom. The molecule has 0 saturated heterocycles. The first kappa shape index (κ1) is 26.0. The summed E-state index contributed by atoms with van der Waals surface area (Å²) in [4.78, 5) is 33.4. The van der Waals surface area contributed by atoms with Crippen LogP contribution in [0.1, 0.15) is 64.5 Å². The number of carbonyl (C=O) groups excluding carboxylic acids is 3. The summed E-state index contributed by atoms with van der Waals surface area (Å²) in [6.45, 7) is 0. The van der Waals surface area contributed by atoms with Crippen molar-refractivity contribution in [3.05, 3.63) is 123 Å². The number of aldehydes is 3. The van der Waals surface area contributed by atoms with Crippen LogP contribution >= 0.6 is 0 Å². The summed E-state index contributed by atoms with van der Waals surface area (Å²) in [5, 5.41) is 29.2. The van der Waals surface area contributed by atoms with Crippen molar-refractivity contribution < 1.29 is 29.7 Å². The molecule has 0 saturated carbocycles. The Morgan fingerprint density at radius 2 is 0.641 bits per heavy atom. The van der Waals surface area contributed by atoms with Crippen LogP contribution in [0.5, 0.6) is 17.2 Å². The van der Waals surface area contributed by atoms with E-state index in [9.17, 15) is 29.7 Å². The second kappa shape index (κ2) is 11.8. The minimum absolute atomic E-state index is 0.125. The number of phenolic OH excluding ortho intramolecular Hbond substituents is 3. The van der Waals surface area contributed by atoms with Gasteiger partial charge in [0.2, 0.25) is 0 Å². The number of rotatable bonds is 3. The molecule has 0 aliphatic heterocycles. The maximum atomic E-state index is 11.1. The van der Waals surface area contributed by atoms with Gasteiger partial charge in [-0.3, -0.25) is 14.4 Å². The highest BCUT2D eigenvalue weighted by molar-refractivity contribution is 5.81. The van der Waals surface area contributed by atoms with Crippen LogP contribution in [-0.2, 0) is 0 Å². The molecule has 0 amide bonds. The highest BCUT2D eigenvalue weighted by Gasteiger charge is 2.03. The SMILES string of the molecule is O=Cc1cc(C#Cc2cc(C#Cc3ccc(O)c(C=O)c3)cc(C#Cc3ccc(O)c(C=O)c3)c2)ccc1O. The molecule has 4 rings (SSSR count). The van der Waals surface area contributed by atoms with E-state index in [1.165, 1.54) is 36.4 Å². The molecule has 0 atom stereocenters. The Kier molecular flexibility index (Phi) is 7.88. The third kappa shape index (κ3) is 6.60. The fraction of sp³-hybridized carbons (Fsp3) is 0. The third-order valence-electron chi connectivity index (χ3n) is 5.45. The lowest BCUT2D eigenvalue weighted by atomic mass is 10.0. The van der Waals surface area contributed by atoms with Gasteiger partial charge in [-0.2, -0.15) is 0 Å². The summed E-state index contributed by atoms with van der Waals surface area (Å²) in [5.74, 6) is 17.5. The van der Waals surface area contributed by atoms with E-state index < -0.39 is 0 Å². The monoisotopic (exact) mass is 510 g/mol. The summed E-state index contributed by atoms with van der Waals surface area (Å²) in [5.41, 5.74) is 3.67. The molecule has 6 nitrogen and oxygen atoms in total. The van der Waals surface area contributed by atoms with Gasteiger partial charge in [0.15, 0.2) is 18.9 Å². The number of benzene rings is 4. The first-order valence-electron chi connectivity index (χ1n) is 11.4. The van der Waals surface area contributed by atoms with E-state index in [1.807, 2.05) is 0 Å². The van der Waals surface area contributed by atoms with Crippen molar-refractivity contribution in [3.8, 4) is 52.8 Å². The smallest absolute Gasteiger partial charge is 0.153 e. The van der Waals surface area contributed by atoms with Crippen LogP contribution in [0.15, 0.2) is 72.8 Å². The van der Waals surface area contributed by atoms with Crippen molar-refractivity contribution in [1.82, 2.24) is 0 Å². The molecule has 186 valence electrons. The second-order valence-corrected chi connectivity index (χ2v) is 8.22. The van der Waals surface area contributed by atoms with Gasteiger partial charge in [0, 0.05) is 33.4 Å². The van der Waals surface area contributed by atoms with Crippen LogP contribution in [0.3, 0.4) is 0 Å². The van der Waals surface area contributed by atoms with Crippen molar-refractivity contribution >= 4 is 18.9 Å². The predicted molar refractivity (Wildman–Crippen MR) is 145 cm³/mol. The van der Waals surface area contributed by atoms with Gasteiger partial charge in [-0.15, -0.1) is 0 Å². The topological polar surface area (TPSA) is 112 Å². The van der Waals surface area contributed by atoms with Crippen LogP contribution in [0.4, 0.5) is 0 Å². The maximum absolute atomic E-state index is 11.1. The first-order valence-corrected chi connectivity index (χ1v) is 11.4. The third-order valence-corrected chi connectivity index (χ3v) is 5.45. The molecule has 0 aliphatic rings. The largest absolute Gasteiger partial charge is 0.507 e. The standard InChI is InChI=1S/C33H18O6/c34-19-28-16-22(7-10-31(28)37)1-4-25-13-26(5-2-23-8-11-32(38)29(17-23)20-35)15-27(14-25)6-3-24-9-12-33(39)30(18-24)21-36/h7-21,37-39H. The highest BCUT2D eigenvalue weighted by atomic mass is 16.3. The minimum Gasteiger partial charge on any atom is -0.507 e. The molecule has 0 heterocycles. The lowest BCUT2D eigenvalue weighted by Crippen LogP contribution is -1.87. The lowest BCUT2D eigenvalue weighted by molar-refractivity contribution is 0.111. The van der Waals surface area contributed by atoms with Crippen molar-refractivity contribution in [2.24, 2.45) is 0 Å². The molecule has 0 radical (unpaired) electrons. The van der Waals surface area contributed by atoms with Crippen molar-refractivity contribution in [2.75, 3.05) is 0 Å². The van der Waals surface area contributed by atoms with Gasteiger partial charge in [-0.1, -0.05) is 35.5 Å². The lowest BCUT2D eigenvalue weighted by Gasteiger charge is -2.00. The van der Waals surface area contributed by atoms with E-state index >= 15 is 0 Å². The zero-order valence-corrected chi connectivity index (χ0v) is 20.2. The molecule has 0 bridgehead atoms. The minimum atomic E-state index is -0.135. The molecule has 3 N–H and O–H groups in total. The van der Waals surface area contributed by atoms with Crippen LogP contribution in [0, 0.1) is 35.5 Å². The van der Waals surface area contributed by atoms with E-state index in [0.717, 1.165) is 0 Å². The van der Waals surface area contributed by atoms with Gasteiger partial charge in [-0.05, 0) is 72.8 Å². The molecule has 6 heteroatoms.